The Bertz CT molecular complexity index is 690. The van der Waals surface area contributed by atoms with E-state index >= 15 is 0 Å². The second kappa shape index (κ2) is 3.92. The zero-order valence-electron chi connectivity index (χ0n) is 9.13. The molecule has 5 heteroatoms. The van der Waals surface area contributed by atoms with Gasteiger partial charge in [0.15, 0.2) is 0 Å². The Balaban J connectivity index is 2.26. The van der Waals surface area contributed by atoms with Gasteiger partial charge in [0.25, 0.3) is 0 Å². The summed E-state index contributed by atoms with van der Waals surface area (Å²) in [5, 5.41) is 4.14. The third kappa shape index (κ3) is 1.82. The van der Waals surface area contributed by atoms with Gasteiger partial charge in [0.2, 0.25) is 0 Å². The van der Waals surface area contributed by atoms with Crippen LogP contribution in [0.4, 0.5) is 0 Å². The zero-order valence-corrected chi connectivity index (χ0v) is 10.7. The van der Waals surface area contributed by atoms with Gasteiger partial charge < -0.3 is 0 Å². The molecule has 2 heterocycles. The van der Waals surface area contributed by atoms with Crippen molar-refractivity contribution in [1.82, 2.24) is 19.7 Å². The average Bonchev–Trinajstić information content (AvgIpc) is 2.75. The number of aromatic nitrogens is 4. The van der Waals surface area contributed by atoms with Gasteiger partial charge in [-0.05, 0) is 28.1 Å². The van der Waals surface area contributed by atoms with E-state index in [4.69, 9.17) is 0 Å². The van der Waals surface area contributed by atoms with E-state index in [2.05, 4.69) is 31.0 Å². The number of fused-ring (bicyclic) bond motifs is 1. The first-order chi connectivity index (χ1) is 8.24. The van der Waals surface area contributed by atoms with E-state index in [1.54, 1.807) is 10.9 Å². The van der Waals surface area contributed by atoms with Crippen molar-refractivity contribution in [2.75, 3.05) is 0 Å². The maximum atomic E-state index is 4.60. The van der Waals surface area contributed by atoms with Crippen LogP contribution in [0.1, 0.15) is 0 Å². The minimum atomic E-state index is 0.740. The van der Waals surface area contributed by atoms with E-state index in [0.717, 1.165) is 26.9 Å². The summed E-state index contributed by atoms with van der Waals surface area (Å²) in [4.78, 5) is 9.07. The molecule has 4 nitrogen and oxygen atoms in total. The van der Waals surface area contributed by atoms with Crippen molar-refractivity contribution in [2.45, 2.75) is 0 Å². The molecule has 3 rings (SSSR count). The van der Waals surface area contributed by atoms with Crippen LogP contribution < -0.4 is 0 Å². The SMILES string of the molecule is Cn1cc(-c2nc3ccccc3nc2Br)cn1. The highest BCUT2D eigenvalue weighted by Gasteiger charge is 2.09. The minimum absolute atomic E-state index is 0.740. The molecule has 17 heavy (non-hydrogen) atoms. The molecule has 84 valence electrons. The van der Waals surface area contributed by atoms with Gasteiger partial charge in [-0.2, -0.15) is 5.10 Å². The highest BCUT2D eigenvalue weighted by atomic mass is 79.9. The average molecular weight is 289 g/mol. The van der Waals surface area contributed by atoms with Crippen LogP contribution in [0.5, 0.6) is 0 Å². The maximum absolute atomic E-state index is 4.60. The monoisotopic (exact) mass is 288 g/mol. The Kier molecular flexibility index (Phi) is 2.40. The molecule has 3 aromatic rings. The van der Waals surface area contributed by atoms with Crippen molar-refractivity contribution in [3.63, 3.8) is 0 Å². The summed E-state index contributed by atoms with van der Waals surface area (Å²) >= 11 is 3.45. The molecule has 0 spiro atoms. The quantitative estimate of drug-likeness (QED) is 0.692. The molecule has 0 saturated carbocycles. The van der Waals surface area contributed by atoms with Crippen molar-refractivity contribution in [2.24, 2.45) is 7.05 Å². The van der Waals surface area contributed by atoms with Crippen LogP contribution in [-0.2, 0) is 7.05 Å². The van der Waals surface area contributed by atoms with E-state index in [9.17, 15) is 0 Å². The lowest BCUT2D eigenvalue weighted by Gasteiger charge is -2.02. The number of benzene rings is 1. The van der Waals surface area contributed by atoms with E-state index in [-0.39, 0.29) is 0 Å². The molecule has 0 atom stereocenters. The number of rotatable bonds is 1. The van der Waals surface area contributed by atoms with Crippen LogP contribution in [0.3, 0.4) is 0 Å². The van der Waals surface area contributed by atoms with Crippen molar-refractivity contribution < 1.29 is 0 Å². The van der Waals surface area contributed by atoms with Crippen LogP contribution >= 0.6 is 15.9 Å². The Morgan fingerprint density at radius 3 is 2.47 bits per heavy atom. The summed E-state index contributed by atoms with van der Waals surface area (Å²) in [7, 11) is 1.88. The second-order valence-corrected chi connectivity index (χ2v) is 4.51. The van der Waals surface area contributed by atoms with Gasteiger partial charge in [0, 0.05) is 18.8 Å². The predicted octanol–water partition coefficient (Wildman–Crippen LogP) is 2.79. The molecule has 0 bridgehead atoms. The third-order valence-electron chi connectivity index (χ3n) is 2.51. The summed E-state index contributed by atoms with van der Waals surface area (Å²) in [6, 6.07) is 7.81. The Morgan fingerprint density at radius 2 is 1.82 bits per heavy atom. The molecular weight excluding hydrogens is 280 g/mol. The van der Waals surface area contributed by atoms with Crippen LogP contribution in [0.15, 0.2) is 41.3 Å². The number of hydrogen-bond acceptors (Lipinski definition) is 3. The molecule has 0 unspecified atom stereocenters. The van der Waals surface area contributed by atoms with Gasteiger partial charge in [-0.15, -0.1) is 0 Å². The van der Waals surface area contributed by atoms with E-state index in [1.165, 1.54) is 0 Å². The van der Waals surface area contributed by atoms with Crippen LogP contribution in [-0.4, -0.2) is 19.7 Å². The normalized spacial score (nSPS) is 10.9. The van der Waals surface area contributed by atoms with Gasteiger partial charge in [-0.25, -0.2) is 9.97 Å². The molecule has 0 fully saturated rings. The Morgan fingerprint density at radius 1 is 1.12 bits per heavy atom. The van der Waals surface area contributed by atoms with Crippen LogP contribution in [0.25, 0.3) is 22.3 Å². The first kappa shape index (κ1) is 10.4. The van der Waals surface area contributed by atoms with Crippen LogP contribution in [0.2, 0.25) is 0 Å². The second-order valence-electron chi connectivity index (χ2n) is 3.75. The summed E-state index contributed by atoms with van der Waals surface area (Å²) < 4.78 is 2.49. The van der Waals surface area contributed by atoms with E-state index in [1.807, 2.05) is 37.5 Å². The van der Waals surface area contributed by atoms with Crippen molar-refractivity contribution in [3.05, 3.63) is 41.3 Å². The number of hydrogen-bond donors (Lipinski definition) is 0. The first-order valence-electron chi connectivity index (χ1n) is 5.15. The largest absolute Gasteiger partial charge is 0.275 e. The molecule has 1 aromatic carbocycles. The predicted molar refractivity (Wildman–Crippen MR) is 69.4 cm³/mol. The Hall–Kier alpha value is -1.75. The lowest BCUT2D eigenvalue weighted by molar-refractivity contribution is 0.768. The maximum Gasteiger partial charge on any atom is 0.133 e. The minimum Gasteiger partial charge on any atom is -0.275 e. The molecule has 0 amide bonds. The number of halogens is 1. The molecule has 0 N–H and O–H groups in total. The zero-order chi connectivity index (χ0) is 11.8. The van der Waals surface area contributed by atoms with Crippen molar-refractivity contribution >= 4 is 27.0 Å². The standard InChI is InChI=1S/C12H9BrN4/c1-17-7-8(6-14-17)11-12(13)16-10-5-3-2-4-9(10)15-11/h2-7H,1H3. The van der Waals surface area contributed by atoms with Gasteiger partial charge >= 0.3 is 0 Å². The number of nitrogens with zero attached hydrogens (tertiary/aromatic N) is 4. The fraction of sp³-hybridized carbons (Fsp3) is 0.0833. The summed E-state index contributed by atoms with van der Waals surface area (Å²) in [6.07, 6.45) is 3.70. The molecule has 0 aliphatic heterocycles. The van der Waals surface area contributed by atoms with Gasteiger partial charge in [-0.3, -0.25) is 4.68 Å². The molecule has 2 aromatic heterocycles. The number of aryl methyl sites for hydroxylation is 1. The fourth-order valence-corrected chi connectivity index (χ4v) is 2.21. The Labute approximate surface area is 106 Å². The highest BCUT2D eigenvalue weighted by molar-refractivity contribution is 9.10. The first-order valence-corrected chi connectivity index (χ1v) is 5.94. The van der Waals surface area contributed by atoms with Gasteiger partial charge in [0.05, 0.1) is 17.2 Å². The summed E-state index contributed by atoms with van der Waals surface area (Å²) in [5.74, 6) is 0. The van der Waals surface area contributed by atoms with E-state index < -0.39 is 0 Å². The highest BCUT2D eigenvalue weighted by Crippen LogP contribution is 2.26. The van der Waals surface area contributed by atoms with Crippen LogP contribution in [0, 0.1) is 0 Å². The molecular formula is C12H9BrN4. The molecule has 0 radical (unpaired) electrons. The fourth-order valence-electron chi connectivity index (χ4n) is 1.71. The number of para-hydroxylation sites is 2. The van der Waals surface area contributed by atoms with Gasteiger partial charge in [-0.1, -0.05) is 12.1 Å². The van der Waals surface area contributed by atoms with Crippen molar-refractivity contribution in [3.8, 4) is 11.3 Å². The van der Waals surface area contributed by atoms with E-state index in [0.29, 0.717) is 0 Å². The van der Waals surface area contributed by atoms with Crippen molar-refractivity contribution in [1.29, 1.82) is 0 Å². The third-order valence-corrected chi connectivity index (χ3v) is 3.06. The molecule has 0 saturated heterocycles. The van der Waals surface area contributed by atoms with Gasteiger partial charge in [0.1, 0.15) is 10.3 Å². The summed E-state index contributed by atoms with van der Waals surface area (Å²) in [6.45, 7) is 0. The summed E-state index contributed by atoms with van der Waals surface area (Å²) in [5.41, 5.74) is 3.54. The molecule has 0 aliphatic carbocycles. The molecule has 0 aliphatic rings. The lowest BCUT2D eigenvalue weighted by Crippen LogP contribution is -1.90. The lowest BCUT2D eigenvalue weighted by atomic mass is 10.2. The smallest absolute Gasteiger partial charge is 0.133 e. The topological polar surface area (TPSA) is 43.6 Å².